The molecule has 0 aliphatic rings. The van der Waals surface area contributed by atoms with Gasteiger partial charge in [0.25, 0.3) is 5.56 Å². The number of hydrogen-bond acceptors (Lipinski definition) is 5. The summed E-state index contributed by atoms with van der Waals surface area (Å²) in [5.41, 5.74) is 2.34. The van der Waals surface area contributed by atoms with Gasteiger partial charge in [-0.3, -0.25) is 13.9 Å². The number of aromatic nitrogens is 6. The molecule has 3 aromatic heterocycles. The van der Waals surface area contributed by atoms with Crippen LogP contribution in [0.5, 0.6) is 0 Å². The second-order valence-electron chi connectivity index (χ2n) is 6.55. The number of aryl methyl sites for hydroxylation is 3. The summed E-state index contributed by atoms with van der Waals surface area (Å²) >= 11 is 0. The first-order valence-electron chi connectivity index (χ1n) is 8.81. The lowest BCUT2D eigenvalue weighted by molar-refractivity contribution is 0.632. The van der Waals surface area contributed by atoms with E-state index in [1.807, 2.05) is 50.5 Å². The zero-order valence-electron chi connectivity index (χ0n) is 15.7. The molecule has 27 heavy (non-hydrogen) atoms. The van der Waals surface area contributed by atoms with Gasteiger partial charge in [-0.05, 0) is 19.9 Å². The van der Waals surface area contributed by atoms with Crippen molar-refractivity contribution in [2.75, 3.05) is 0 Å². The molecule has 0 radical (unpaired) electrons. The zero-order valence-corrected chi connectivity index (χ0v) is 15.7. The number of imidazole rings is 1. The number of rotatable bonds is 3. The second kappa shape index (κ2) is 6.19. The number of nitrogens with zero attached hydrogens (tertiary/aromatic N) is 6. The van der Waals surface area contributed by atoms with Crippen LogP contribution in [0.15, 0.2) is 33.9 Å². The number of para-hydroxylation sites is 1. The van der Waals surface area contributed by atoms with E-state index in [9.17, 15) is 9.59 Å². The van der Waals surface area contributed by atoms with E-state index in [-0.39, 0.29) is 12.1 Å². The molecule has 0 spiro atoms. The van der Waals surface area contributed by atoms with Crippen LogP contribution in [-0.4, -0.2) is 36.5 Å². The predicted octanol–water partition coefficient (Wildman–Crippen LogP) is -0.525. The number of hydrogen-bond donors (Lipinski definition) is 0. The smallest absolute Gasteiger partial charge is 0.331 e. The van der Waals surface area contributed by atoms with Gasteiger partial charge in [0.2, 0.25) is 0 Å². The Bertz CT molecular complexity index is 1320. The normalized spacial score (nSPS) is 11.5. The maximum Gasteiger partial charge on any atom is 0.332 e. The van der Waals surface area contributed by atoms with Crippen LogP contribution >= 0.6 is 0 Å². The van der Waals surface area contributed by atoms with Crippen molar-refractivity contribution in [2.45, 2.75) is 26.9 Å². The van der Waals surface area contributed by atoms with Crippen molar-refractivity contribution in [3.8, 4) is 0 Å². The van der Waals surface area contributed by atoms with Crippen LogP contribution in [0.4, 0.5) is 0 Å². The van der Waals surface area contributed by atoms with E-state index in [4.69, 9.17) is 0 Å². The average Bonchev–Trinajstić information content (AvgIpc) is 3.00. The average molecular weight is 362 g/mol. The van der Waals surface area contributed by atoms with Crippen molar-refractivity contribution in [1.29, 1.82) is 0 Å². The monoisotopic (exact) mass is 362 g/mol. The summed E-state index contributed by atoms with van der Waals surface area (Å²) < 4.78 is 4.41. The molecule has 0 bridgehead atoms. The van der Waals surface area contributed by atoms with E-state index in [0.29, 0.717) is 29.3 Å². The van der Waals surface area contributed by atoms with Gasteiger partial charge in [0.05, 0.1) is 17.8 Å². The van der Waals surface area contributed by atoms with Crippen molar-refractivity contribution >= 4 is 35.6 Å². The number of benzene rings is 1. The molecule has 1 aromatic carbocycles. The largest absolute Gasteiger partial charge is 0.332 e. The van der Waals surface area contributed by atoms with E-state index in [1.165, 1.54) is 9.13 Å². The molecule has 3 heterocycles. The summed E-state index contributed by atoms with van der Waals surface area (Å²) in [5.74, 6) is 0.434. The van der Waals surface area contributed by atoms with Crippen molar-refractivity contribution in [3.63, 3.8) is 0 Å². The van der Waals surface area contributed by atoms with Crippen LogP contribution in [0.2, 0.25) is 0 Å². The maximum absolute atomic E-state index is 13.1. The molecule has 9 heteroatoms. The lowest BCUT2D eigenvalue weighted by Crippen LogP contribution is -2.40. The second-order valence-corrected chi connectivity index (χ2v) is 6.55. The van der Waals surface area contributed by atoms with E-state index < -0.39 is 5.69 Å². The fraction of sp³-hybridized carbons (Fsp3) is 0.278. The Kier molecular flexibility index (Phi) is 3.94. The zero-order chi connectivity index (χ0) is 19.3. The Hall–Kier alpha value is -3.23. The molecule has 0 N–H and O–H groups in total. The Morgan fingerprint density at radius 1 is 1.07 bits per heavy atom. The number of fused-ring (bicyclic) bond motifs is 2. The van der Waals surface area contributed by atoms with E-state index in [0.717, 1.165) is 16.6 Å². The molecule has 8 nitrogen and oxygen atoms in total. The molecule has 0 saturated heterocycles. The lowest BCUT2D eigenvalue weighted by atomic mass is 10.1. The summed E-state index contributed by atoms with van der Waals surface area (Å²) in [5, 5.41) is 0.955. The van der Waals surface area contributed by atoms with Crippen LogP contribution in [0.1, 0.15) is 18.4 Å². The predicted molar refractivity (Wildman–Crippen MR) is 106 cm³/mol. The minimum Gasteiger partial charge on any atom is -0.331 e. The fourth-order valence-corrected chi connectivity index (χ4v) is 3.51. The Balaban J connectivity index is 1.95. The van der Waals surface area contributed by atoms with Gasteiger partial charge in [0.1, 0.15) is 5.82 Å². The minimum atomic E-state index is -0.428. The fourth-order valence-electron chi connectivity index (χ4n) is 3.51. The highest BCUT2D eigenvalue weighted by Crippen LogP contribution is 2.14. The SMILES string of the molecule is Bc1nc2c(c(=O)n(Cc3nc(C)c4ccccc4n3)c(=O)n2C)n1CC. The molecule has 4 aromatic rings. The highest BCUT2D eigenvalue weighted by atomic mass is 16.2. The van der Waals surface area contributed by atoms with E-state index >= 15 is 0 Å². The lowest BCUT2D eigenvalue weighted by Gasteiger charge is -2.10. The molecule has 4 rings (SSSR count). The van der Waals surface area contributed by atoms with Gasteiger partial charge in [-0.1, -0.05) is 18.2 Å². The van der Waals surface area contributed by atoms with Crippen molar-refractivity contribution in [1.82, 2.24) is 28.7 Å². The summed E-state index contributed by atoms with van der Waals surface area (Å²) in [6, 6.07) is 7.68. The molecule has 0 fully saturated rings. The Morgan fingerprint density at radius 3 is 2.56 bits per heavy atom. The quantitative estimate of drug-likeness (QED) is 0.458. The molecular formula is C18H19BN6O2. The highest BCUT2D eigenvalue weighted by Gasteiger charge is 2.18. The first-order valence-corrected chi connectivity index (χ1v) is 8.81. The Morgan fingerprint density at radius 2 is 1.81 bits per heavy atom. The van der Waals surface area contributed by atoms with Gasteiger partial charge in [0.15, 0.2) is 19.0 Å². The van der Waals surface area contributed by atoms with Crippen molar-refractivity contribution < 1.29 is 0 Å². The van der Waals surface area contributed by atoms with Gasteiger partial charge in [-0.2, -0.15) is 0 Å². The summed E-state index contributed by atoms with van der Waals surface area (Å²) in [4.78, 5) is 39.3. The molecule has 0 unspecified atom stereocenters. The highest BCUT2D eigenvalue weighted by molar-refractivity contribution is 6.30. The molecule has 0 amide bonds. The van der Waals surface area contributed by atoms with Gasteiger partial charge in [-0.25, -0.2) is 19.7 Å². The molecular weight excluding hydrogens is 343 g/mol. The van der Waals surface area contributed by atoms with E-state index in [1.54, 1.807) is 7.05 Å². The summed E-state index contributed by atoms with van der Waals surface area (Å²) in [7, 11) is 3.45. The van der Waals surface area contributed by atoms with Crippen molar-refractivity contribution in [3.05, 3.63) is 56.6 Å². The third kappa shape index (κ3) is 2.58. The van der Waals surface area contributed by atoms with Gasteiger partial charge in [-0.15, -0.1) is 0 Å². The first kappa shape index (κ1) is 17.2. The Labute approximate surface area is 155 Å². The summed E-state index contributed by atoms with van der Waals surface area (Å²) in [6.45, 7) is 4.45. The van der Waals surface area contributed by atoms with Crippen LogP contribution in [0.3, 0.4) is 0 Å². The van der Waals surface area contributed by atoms with Gasteiger partial charge >= 0.3 is 5.69 Å². The standard InChI is InChI=1S/C18H19BN6O2/c1-4-24-14-15(22-17(24)19)23(3)18(27)25(16(14)26)9-13-20-10(2)11-7-5-6-8-12(11)21-13/h5-8H,4,9,19H2,1-3H3. The van der Waals surface area contributed by atoms with E-state index in [2.05, 4.69) is 15.0 Å². The molecule has 0 aliphatic carbocycles. The van der Waals surface area contributed by atoms with Gasteiger partial charge in [0, 0.05) is 24.7 Å². The third-order valence-corrected chi connectivity index (χ3v) is 4.88. The van der Waals surface area contributed by atoms with Gasteiger partial charge < -0.3 is 4.57 Å². The molecule has 0 saturated carbocycles. The van der Waals surface area contributed by atoms with Crippen LogP contribution in [-0.2, 0) is 20.1 Å². The third-order valence-electron chi connectivity index (χ3n) is 4.88. The van der Waals surface area contributed by atoms with Crippen LogP contribution in [0.25, 0.3) is 22.1 Å². The molecule has 0 aliphatic heterocycles. The molecule has 136 valence electrons. The first-order chi connectivity index (χ1) is 12.9. The molecule has 0 atom stereocenters. The van der Waals surface area contributed by atoms with Crippen LogP contribution < -0.4 is 17.0 Å². The van der Waals surface area contributed by atoms with Crippen LogP contribution in [0, 0.1) is 6.92 Å². The van der Waals surface area contributed by atoms with Crippen molar-refractivity contribution in [2.24, 2.45) is 7.05 Å². The summed E-state index contributed by atoms with van der Waals surface area (Å²) in [6.07, 6.45) is 0. The maximum atomic E-state index is 13.1. The topological polar surface area (TPSA) is 87.6 Å². The minimum absolute atomic E-state index is 0.0149.